The molecule has 5 heteroatoms. The molecule has 2 aromatic rings. The lowest BCUT2D eigenvalue weighted by atomic mass is 10.0. The number of carbonyl (C=O) groups is 2. The maximum Gasteiger partial charge on any atom is 0.242 e. The molecule has 144 valence electrons. The molecule has 0 saturated heterocycles. The third kappa shape index (κ3) is 5.64. The van der Waals surface area contributed by atoms with E-state index in [1.54, 1.807) is 25.1 Å². The van der Waals surface area contributed by atoms with Crippen LogP contribution in [0.15, 0.2) is 48.5 Å². The van der Waals surface area contributed by atoms with Crippen molar-refractivity contribution in [3.8, 4) is 0 Å². The maximum atomic E-state index is 14.0. The predicted octanol–water partition coefficient (Wildman–Crippen LogP) is 3.48. The van der Waals surface area contributed by atoms with Crippen molar-refractivity contribution < 1.29 is 14.0 Å². The van der Waals surface area contributed by atoms with Gasteiger partial charge in [-0.2, -0.15) is 0 Å². The number of hydrogen-bond acceptors (Lipinski definition) is 2. The molecule has 0 bridgehead atoms. The van der Waals surface area contributed by atoms with E-state index in [0.29, 0.717) is 12.0 Å². The zero-order valence-electron chi connectivity index (χ0n) is 16.2. The topological polar surface area (TPSA) is 49.4 Å². The molecule has 0 radical (unpaired) electrons. The number of rotatable bonds is 8. The highest BCUT2D eigenvalue weighted by Gasteiger charge is 2.25. The van der Waals surface area contributed by atoms with E-state index in [0.717, 1.165) is 12.0 Å². The fourth-order valence-electron chi connectivity index (χ4n) is 2.94. The Morgan fingerprint density at radius 3 is 2.30 bits per heavy atom. The second kappa shape index (κ2) is 9.86. The van der Waals surface area contributed by atoms with E-state index in [2.05, 4.69) is 24.4 Å². The summed E-state index contributed by atoms with van der Waals surface area (Å²) < 4.78 is 14.0. The summed E-state index contributed by atoms with van der Waals surface area (Å²) in [5.41, 5.74) is 2.72. The number of amides is 2. The highest BCUT2D eigenvalue weighted by molar-refractivity contribution is 5.87. The Labute approximate surface area is 160 Å². The Bertz CT molecular complexity index is 774. The van der Waals surface area contributed by atoms with E-state index >= 15 is 0 Å². The van der Waals surface area contributed by atoms with Crippen LogP contribution in [-0.2, 0) is 29.0 Å². The summed E-state index contributed by atoms with van der Waals surface area (Å²) in [5, 5.41) is 2.56. The van der Waals surface area contributed by atoms with E-state index in [1.807, 2.05) is 12.1 Å². The van der Waals surface area contributed by atoms with Crippen LogP contribution in [0.4, 0.5) is 4.39 Å². The van der Waals surface area contributed by atoms with Crippen LogP contribution in [0.25, 0.3) is 0 Å². The largest absolute Gasteiger partial charge is 0.357 e. The third-order valence-electron chi connectivity index (χ3n) is 4.77. The zero-order chi connectivity index (χ0) is 19.8. The lowest BCUT2D eigenvalue weighted by Crippen LogP contribution is -2.46. The van der Waals surface area contributed by atoms with E-state index in [-0.39, 0.29) is 30.6 Å². The molecule has 0 aliphatic heterocycles. The van der Waals surface area contributed by atoms with Crippen LogP contribution in [0, 0.1) is 5.82 Å². The first-order valence-corrected chi connectivity index (χ1v) is 9.28. The van der Waals surface area contributed by atoms with Crippen molar-refractivity contribution in [3.05, 3.63) is 71.0 Å². The molecule has 0 aliphatic carbocycles. The molecule has 0 fully saturated rings. The van der Waals surface area contributed by atoms with Crippen molar-refractivity contribution in [3.63, 3.8) is 0 Å². The van der Waals surface area contributed by atoms with Gasteiger partial charge in [-0.25, -0.2) is 4.39 Å². The van der Waals surface area contributed by atoms with E-state index in [4.69, 9.17) is 0 Å². The van der Waals surface area contributed by atoms with Crippen molar-refractivity contribution in [2.75, 3.05) is 7.05 Å². The molecular formula is C22H27FN2O2. The lowest BCUT2D eigenvalue weighted by Gasteiger charge is -2.28. The van der Waals surface area contributed by atoms with Gasteiger partial charge in [0.25, 0.3) is 0 Å². The average Bonchev–Trinajstić information content (AvgIpc) is 2.70. The van der Waals surface area contributed by atoms with Gasteiger partial charge in [-0.3, -0.25) is 9.59 Å². The Morgan fingerprint density at radius 2 is 1.70 bits per heavy atom. The van der Waals surface area contributed by atoms with E-state index in [1.165, 1.54) is 23.6 Å². The monoisotopic (exact) mass is 370 g/mol. The average molecular weight is 370 g/mol. The minimum absolute atomic E-state index is 0.0644. The summed E-state index contributed by atoms with van der Waals surface area (Å²) >= 11 is 0. The predicted molar refractivity (Wildman–Crippen MR) is 105 cm³/mol. The van der Waals surface area contributed by atoms with Gasteiger partial charge in [0.2, 0.25) is 11.8 Å². The standard InChI is InChI=1S/C22H27FN2O2/c1-4-17-9-11-18(12-10-17)13-14-21(26)25(16(2)22(27)24-3)15-19-7-5-6-8-20(19)23/h5-12,16H,4,13-15H2,1-3H3,(H,24,27)/t16-/m1/s1. The Morgan fingerprint density at radius 1 is 1.07 bits per heavy atom. The molecule has 0 heterocycles. The molecular weight excluding hydrogens is 343 g/mol. The van der Waals surface area contributed by atoms with Crippen LogP contribution >= 0.6 is 0 Å². The summed E-state index contributed by atoms with van der Waals surface area (Å²) in [6, 6.07) is 13.8. The van der Waals surface area contributed by atoms with Crippen molar-refractivity contribution >= 4 is 11.8 Å². The first-order chi connectivity index (χ1) is 13.0. The van der Waals surface area contributed by atoms with Gasteiger partial charge in [0, 0.05) is 25.6 Å². The number of hydrogen-bond donors (Lipinski definition) is 1. The van der Waals surface area contributed by atoms with Gasteiger partial charge in [0.15, 0.2) is 0 Å². The van der Waals surface area contributed by atoms with Crippen molar-refractivity contribution in [2.45, 2.75) is 45.7 Å². The van der Waals surface area contributed by atoms with Crippen molar-refractivity contribution in [1.82, 2.24) is 10.2 Å². The maximum absolute atomic E-state index is 14.0. The summed E-state index contributed by atoms with van der Waals surface area (Å²) in [6.07, 6.45) is 1.82. The lowest BCUT2D eigenvalue weighted by molar-refractivity contribution is -0.140. The summed E-state index contributed by atoms with van der Waals surface area (Å²) in [6.45, 7) is 3.82. The highest BCUT2D eigenvalue weighted by Crippen LogP contribution is 2.15. The molecule has 0 saturated carbocycles. The smallest absolute Gasteiger partial charge is 0.242 e. The number of likely N-dealkylation sites (N-methyl/N-ethyl adjacent to an activating group) is 1. The third-order valence-corrected chi connectivity index (χ3v) is 4.77. The summed E-state index contributed by atoms with van der Waals surface area (Å²) in [5.74, 6) is -0.824. The SMILES string of the molecule is CCc1ccc(CCC(=O)N(Cc2ccccc2F)[C@H](C)C(=O)NC)cc1. The molecule has 0 aromatic heterocycles. The number of halogens is 1. The fourth-order valence-corrected chi connectivity index (χ4v) is 2.94. The Kier molecular flexibility index (Phi) is 7.53. The van der Waals surface area contributed by atoms with Crippen LogP contribution in [-0.4, -0.2) is 29.8 Å². The Balaban J connectivity index is 2.12. The molecule has 0 unspecified atom stereocenters. The van der Waals surface area contributed by atoms with Gasteiger partial charge >= 0.3 is 0 Å². The molecule has 0 spiro atoms. The van der Waals surface area contributed by atoms with Crippen LogP contribution < -0.4 is 5.32 Å². The van der Waals surface area contributed by atoms with E-state index in [9.17, 15) is 14.0 Å². The zero-order valence-corrected chi connectivity index (χ0v) is 16.2. The van der Waals surface area contributed by atoms with Gasteiger partial charge in [0.1, 0.15) is 11.9 Å². The molecule has 0 aliphatic rings. The molecule has 2 rings (SSSR count). The van der Waals surface area contributed by atoms with Crippen LogP contribution in [0.5, 0.6) is 0 Å². The minimum Gasteiger partial charge on any atom is -0.357 e. The van der Waals surface area contributed by atoms with Gasteiger partial charge in [-0.05, 0) is 37.0 Å². The molecule has 1 N–H and O–H groups in total. The van der Waals surface area contributed by atoms with E-state index < -0.39 is 6.04 Å². The molecule has 2 aromatic carbocycles. The normalized spacial score (nSPS) is 11.7. The van der Waals surface area contributed by atoms with Gasteiger partial charge in [-0.1, -0.05) is 49.4 Å². The van der Waals surface area contributed by atoms with Gasteiger partial charge < -0.3 is 10.2 Å². The highest BCUT2D eigenvalue weighted by atomic mass is 19.1. The van der Waals surface area contributed by atoms with Crippen LogP contribution in [0.1, 0.15) is 37.0 Å². The fraction of sp³-hybridized carbons (Fsp3) is 0.364. The number of nitrogens with one attached hydrogen (secondary N) is 1. The summed E-state index contributed by atoms with van der Waals surface area (Å²) in [7, 11) is 1.53. The van der Waals surface area contributed by atoms with Gasteiger partial charge in [-0.15, -0.1) is 0 Å². The molecule has 27 heavy (non-hydrogen) atoms. The van der Waals surface area contributed by atoms with Gasteiger partial charge in [0.05, 0.1) is 0 Å². The quantitative estimate of drug-likeness (QED) is 0.773. The first kappa shape index (κ1) is 20.6. The number of carbonyl (C=O) groups excluding carboxylic acids is 2. The second-order valence-corrected chi connectivity index (χ2v) is 6.57. The molecule has 4 nitrogen and oxygen atoms in total. The Hall–Kier alpha value is -2.69. The number of benzene rings is 2. The first-order valence-electron chi connectivity index (χ1n) is 9.28. The van der Waals surface area contributed by atoms with Crippen LogP contribution in [0.3, 0.4) is 0 Å². The second-order valence-electron chi connectivity index (χ2n) is 6.57. The summed E-state index contributed by atoms with van der Waals surface area (Å²) in [4.78, 5) is 26.4. The van der Waals surface area contributed by atoms with Crippen molar-refractivity contribution in [1.29, 1.82) is 0 Å². The molecule has 2 amide bonds. The number of nitrogens with zero attached hydrogens (tertiary/aromatic N) is 1. The minimum atomic E-state index is -0.676. The molecule has 1 atom stereocenters. The van der Waals surface area contributed by atoms with Crippen LogP contribution in [0.2, 0.25) is 0 Å². The van der Waals surface area contributed by atoms with Crippen molar-refractivity contribution in [2.24, 2.45) is 0 Å². The number of aryl methyl sites for hydroxylation is 2.